The highest BCUT2D eigenvalue weighted by molar-refractivity contribution is 9.11. The molecule has 6 heteroatoms. The molecular formula is C12H13Br2NO3. The van der Waals surface area contributed by atoms with Crippen molar-refractivity contribution in [2.24, 2.45) is 0 Å². The minimum absolute atomic E-state index is 0.0473. The Balaban J connectivity index is 2.93. The lowest BCUT2D eigenvalue weighted by molar-refractivity contribution is -0.141. The van der Waals surface area contributed by atoms with E-state index in [1.807, 2.05) is 6.92 Å². The Kier molecular flexibility index (Phi) is 5.81. The van der Waals surface area contributed by atoms with E-state index in [2.05, 4.69) is 36.6 Å². The van der Waals surface area contributed by atoms with Gasteiger partial charge in [-0.3, -0.25) is 9.59 Å². The van der Waals surface area contributed by atoms with Gasteiger partial charge in [0.05, 0.1) is 12.7 Å². The summed E-state index contributed by atoms with van der Waals surface area (Å²) in [5, 5.41) is 0. The van der Waals surface area contributed by atoms with Crippen LogP contribution in [0, 0.1) is 0 Å². The van der Waals surface area contributed by atoms with Crippen LogP contribution in [0.4, 0.5) is 0 Å². The number of esters is 1. The van der Waals surface area contributed by atoms with Crippen LogP contribution < -0.4 is 0 Å². The number of rotatable bonds is 4. The fourth-order valence-corrected chi connectivity index (χ4v) is 2.60. The van der Waals surface area contributed by atoms with Crippen LogP contribution in [0.1, 0.15) is 17.3 Å². The number of amides is 1. The third kappa shape index (κ3) is 3.81. The lowest BCUT2D eigenvalue weighted by Crippen LogP contribution is -2.36. The van der Waals surface area contributed by atoms with E-state index in [0.717, 1.165) is 4.47 Å². The summed E-state index contributed by atoms with van der Waals surface area (Å²) in [6.07, 6.45) is 0. The third-order valence-corrected chi connectivity index (χ3v) is 3.53. The van der Waals surface area contributed by atoms with Gasteiger partial charge >= 0.3 is 5.97 Å². The predicted octanol–water partition coefficient (Wildman–Crippen LogP) is 2.85. The first-order valence-electron chi connectivity index (χ1n) is 5.30. The second-order valence-electron chi connectivity index (χ2n) is 3.52. The van der Waals surface area contributed by atoms with E-state index in [9.17, 15) is 9.59 Å². The topological polar surface area (TPSA) is 46.6 Å². The van der Waals surface area contributed by atoms with E-state index >= 15 is 0 Å². The molecule has 1 aromatic carbocycles. The Morgan fingerprint density at radius 2 is 2.00 bits per heavy atom. The standard InChI is InChI=1S/C12H13Br2NO3/c1-3-15(7-11(16)18-2)12(17)9-5-4-8(13)6-10(9)14/h4-6H,3,7H2,1-2H3. The molecule has 0 saturated heterocycles. The molecule has 18 heavy (non-hydrogen) atoms. The van der Waals surface area contributed by atoms with Crippen molar-refractivity contribution in [1.29, 1.82) is 0 Å². The summed E-state index contributed by atoms with van der Waals surface area (Å²) < 4.78 is 6.13. The molecule has 0 N–H and O–H groups in total. The Morgan fingerprint density at radius 3 is 2.50 bits per heavy atom. The maximum Gasteiger partial charge on any atom is 0.325 e. The Bertz CT molecular complexity index is 463. The number of ether oxygens (including phenoxy) is 1. The van der Waals surface area contributed by atoms with Gasteiger partial charge in [-0.25, -0.2) is 0 Å². The monoisotopic (exact) mass is 377 g/mol. The first kappa shape index (κ1) is 15.2. The van der Waals surface area contributed by atoms with Crippen LogP contribution in [-0.4, -0.2) is 37.0 Å². The number of hydrogen-bond acceptors (Lipinski definition) is 3. The van der Waals surface area contributed by atoms with E-state index in [-0.39, 0.29) is 12.5 Å². The van der Waals surface area contributed by atoms with Crippen LogP contribution in [0.2, 0.25) is 0 Å². The second kappa shape index (κ2) is 6.89. The van der Waals surface area contributed by atoms with E-state index in [4.69, 9.17) is 0 Å². The normalized spacial score (nSPS) is 10.0. The Labute approximate surface area is 123 Å². The van der Waals surface area contributed by atoms with Crippen molar-refractivity contribution in [3.05, 3.63) is 32.7 Å². The molecule has 0 unspecified atom stereocenters. The number of carbonyl (C=O) groups is 2. The Hall–Kier alpha value is -0.880. The smallest absolute Gasteiger partial charge is 0.325 e. The van der Waals surface area contributed by atoms with E-state index in [0.29, 0.717) is 16.6 Å². The van der Waals surface area contributed by atoms with Gasteiger partial charge in [0.1, 0.15) is 6.54 Å². The van der Waals surface area contributed by atoms with Crippen molar-refractivity contribution in [1.82, 2.24) is 4.90 Å². The number of benzene rings is 1. The summed E-state index contributed by atoms with van der Waals surface area (Å²) in [7, 11) is 1.30. The Morgan fingerprint density at radius 1 is 1.33 bits per heavy atom. The minimum Gasteiger partial charge on any atom is -0.468 e. The molecule has 0 bridgehead atoms. The summed E-state index contributed by atoms with van der Waals surface area (Å²) in [6, 6.07) is 5.28. The highest BCUT2D eigenvalue weighted by atomic mass is 79.9. The van der Waals surface area contributed by atoms with Crippen LogP contribution in [-0.2, 0) is 9.53 Å². The first-order chi connectivity index (χ1) is 8.49. The predicted molar refractivity (Wildman–Crippen MR) is 75.4 cm³/mol. The van der Waals surface area contributed by atoms with Crippen molar-refractivity contribution < 1.29 is 14.3 Å². The number of carbonyl (C=O) groups excluding carboxylic acids is 2. The second-order valence-corrected chi connectivity index (χ2v) is 5.29. The highest BCUT2D eigenvalue weighted by Gasteiger charge is 2.19. The zero-order valence-corrected chi connectivity index (χ0v) is 13.2. The van der Waals surface area contributed by atoms with Gasteiger partial charge in [0.15, 0.2) is 0 Å². The van der Waals surface area contributed by atoms with Gasteiger partial charge in [-0.1, -0.05) is 15.9 Å². The summed E-state index contributed by atoms with van der Waals surface area (Å²) in [5.41, 5.74) is 0.518. The molecule has 0 fully saturated rings. The summed E-state index contributed by atoms with van der Waals surface area (Å²) >= 11 is 6.66. The molecule has 0 aromatic heterocycles. The molecule has 1 amide bonds. The number of likely N-dealkylation sites (N-methyl/N-ethyl adjacent to an activating group) is 1. The molecule has 1 rings (SSSR count). The molecule has 0 aliphatic rings. The molecule has 0 aliphatic carbocycles. The SMILES string of the molecule is CCN(CC(=O)OC)C(=O)c1ccc(Br)cc1Br. The van der Waals surface area contributed by atoms with E-state index in [1.54, 1.807) is 18.2 Å². The van der Waals surface area contributed by atoms with Gasteiger partial charge in [0.25, 0.3) is 5.91 Å². The van der Waals surface area contributed by atoms with E-state index < -0.39 is 5.97 Å². The fraction of sp³-hybridized carbons (Fsp3) is 0.333. The zero-order valence-electron chi connectivity index (χ0n) is 10.1. The van der Waals surface area contributed by atoms with Crippen LogP contribution in [0.3, 0.4) is 0 Å². The molecule has 0 saturated carbocycles. The fourth-order valence-electron chi connectivity index (χ4n) is 1.38. The van der Waals surface area contributed by atoms with Crippen molar-refractivity contribution in [2.75, 3.05) is 20.2 Å². The number of halogens is 2. The van der Waals surface area contributed by atoms with Gasteiger partial charge in [0, 0.05) is 15.5 Å². The van der Waals surface area contributed by atoms with Gasteiger partial charge in [-0.15, -0.1) is 0 Å². The maximum absolute atomic E-state index is 12.2. The number of methoxy groups -OCH3 is 1. The molecule has 0 aliphatic heterocycles. The van der Waals surface area contributed by atoms with Gasteiger partial charge in [0.2, 0.25) is 0 Å². The number of nitrogens with zero attached hydrogens (tertiary/aromatic N) is 1. The minimum atomic E-state index is -0.432. The van der Waals surface area contributed by atoms with Gasteiger partial charge in [-0.2, -0.15) is 0 Å². The van der Waals surface area contributed by atoms with Crippen molar-refractivity contribution in [3.8, 4) is 0 Å². The lowest BCUT2D eigenvalue weighted by atomic mass is 10.2. The molecule has 0 spiro atoms. The van der Waals surface area contributed by atoms with E-state index in [1.165, 1.54) is 12.0 Å². The molecular weight excluding hydrogens is 366 g/mol. The van der Waals surface area contributed by atoms with Crippen LogP contribution in [0.15, 0.2) is 27.1 Å². The number of hydrogen-bond donors (Lipinski definition) is 0. The lowest BCUT2D eigenvalue weighted by Gasteiger charge is -2.20. The average molecular weight is 379 g/mol. The molecule has 0 atom stereocenters. The summed E-state index contributed by atoms with van der Waals surface area (Å²) in [4.78, 5) is 24.9. The summed E-state index contributed by atoms with van der Waals surface area (Å²) in [5.74, 6) is -0.638. The largest absolute Gasteiger partial charge is 0.468 e. The van der Waals surface area contributed by atoms with Crippen LogP contribution in [0.25, 0.3) is 0 Å². The maximum atomic E-state index is 12.2. The molecule has 0 radical (unpaired) electrons. The molecule has 1 aromatic rings. The first-order valence-corrected chi connectivity index (χ1v) is 6.89. The quantitative estimate of drug-likeness (QED) is 0.757. The molecule has 0 heterocycles. The van der Waals surface area contributed by atoms with Crippen molar-refractivity contribution >= 4 is 43.7 Å². The third-order valence-electron chi connectivity index (χ3n) is 2.38. The van der Waals surface area contributed by atoms with Gasteiger partial charge < -0.3 is 9.64 Å². The van der Waals surface area contributed by atoms with Gasteiger partial charge in [-0.05, 0) is 41.1 Å². The highest BCUT2D eigenvalue weighted by Crippen LogP contribution is 2.23. The molecule has 98 valence electrons. The van der Waals surface area contributed by atoms with Crippen molar-refractivity contribution in [2.45, 2.75) is 6.92 Å². The summed E-state index contributed by atoms with van der Waals surface area (Å²) in [6.45, 7) is 2.21. The molecule has 4 nitrogen and oxygen atoms in total. The van der Waals surface area contributed by atoms with Crippen LogP contribution in [0.5, 0.6) is 0 Å². The average Bonchev–Trinajstić information content (AvgIpc) is 2.34. The van der Waals surface area contributed by atoms with Crippen LogP contribution >= 0.6 is 31.9 Å². The van der Waals surface area contributed by atoms with Crippen molar-refractivity contribution in [3.63, 3.8) is 0 Å². The zero-order chi connectivity index (χ0) is 13.7.